The Morgan fingerprint density at radius 2 is 2.09 bits per heavy atom. The van der Waals surface area contributed by atoms with Crippen LogP contribution in [0.2, 0.25) is 0 Å². The molecule has 114 valence electrons. The fraction of sp³-hybridized carbons (Fsp3) is 0.412. The molecule has 5 heteroatoms. The molecule has 5 rings (SSSR count). The Balaban J connectivity index is 1.46. The number of nitrogens with zero attached hydrogens (tertiary/aromatic N) is 2. The summed E-state index contributed by atoms with van der Waals surface area (Å²) < 4.78 is 0. The van der Waals surface area contributed by atoms with Gasteiger partial charge in [0.05, 0.1) is 15.4 Å². The average Bonchev–Trinajstić information content (AvgIpc) is 3.07. The van der Waals surface area contributed by atoms with Crippen molar-refractivity contribution in [1.82, 2.24) is 15.2 Å². The molecule has 1 atom stereocenters. The van der Waals surface area contributed by atoms with Gasteiger partial charge in [0.25, 0.3) is 5.91 Å². The molecule has 3 aliphatic rings. The molecule has 3 fully saturated rings. The zero-order valence-corrected chi connectivity index (χ0v) is 13.2. The van der Waals surface area contributed by atoms with Crippen molar-refractivity contribution in [3.05, 3.63) is 41.4 Å². The summed E-state index contributed by atoms with van der Waals surface area (Å²) in [5, 5.41) is 3.24. The Hall–Kier alpha value is -1.72. The van der Waals surface area contributed by atoms with Gasteiger partial charge < -0.3 is 10.2 Å². The number of thiophene rings is 1. The molecule has 0 aliphatic carbocycles. The maximum Gasteiger partial charge on any atom is 0.261 e. The van der Waals surface area contributed by atoms with Crippen LogP contribution in [0, 0.1) is 5.92 Å². The summed E-state index contributed by atoms with van der Waals surface area (Å²) in [7, 11) is 0. The van der Waals surface area contributed by atoms with E-state index in [0.717, 1.165) is 22.0 Å². The summed E-state index contributed by atoms with van der Waals surface area (Å²) in [6.07, 6.45) is 4.21. The number of aromatic nitrogens is 1. The topological polar surface area (TPSA) is 45.2 Å². The molecule has 5 heterocycles. The van der Waals surface area contributed by atoms with Gasteiger partial charge in [0.2, 0.25) is 0 Å². The van der Waals surface area contributed by atoms with Crippen LogP contribution in [0.1, 0.15) is 22.5 Å². The van der Waals surface area contributed by atoms with Gasteiger partial charge in [0.15, 0.2) is 0 Å². The number of hydrogen-bond acceptors (Lipinski definition) is 4. The van der Waals surface area contributed by atoms with Crippen molar-refractivity contribution in [1.29, 1.82) is 0 Å². The van der Waals surface area contributed by atoms with E-state index in [1.165, 1.54) is 37.3 Å². The Morgan fingerprint density at radius 3 is 2.77 bits per heavy atom. The summed E-state index contributed by atoms with van der Waals surface area (Å²) in [5.74, 6) is 0.718. The second kappa shape index (κ2) is 5.82. The minimum atomic E-state index is 0.0610. The predicted molar refractivity (Wildman–Crippen MR) is 88.0 cm³/mol. The maximum absolute atomic E-state index is 12.5. The minimum absolute atomic E-state index is 0.0610. The number of fused-ring (bicyclic) bond motifs is 3. The first-order chi connectivity index (χ1) is 10.8. The first-order valence-electron chi connectivity index (χ1n) is 7.84. The second-order valence-corrected chi connectivity index (χ2v) is 7.18. The Bertz CT molecular complexity index is 662. The van der Waals surface area contributed by atoms with E-state index in [2.05, 4.69) is 15.2 Å². The summed E-state index contributed by atoms with van der Waals surface area (Å²) >= 11 is 1.51. The highest BCUT2D eigenvalue weighted by molar-refractivity contribution is 7.17. The first-order valence-corrected chi connectivity index (χ1v) is 8.66. The molecule has 4 nitrogen and oxygen atoms in total. The van der Waals surface area contributed by atoms with Crippen LogP contribution in [0.3, 0.4) is 0 Å². The molecule has 0 aromatic carbocycles. The smallest absolute Gasteiger partial charge is 0.261 e. The lowest BCUT2D eigenvalue weighted by atomic mass is 9.84. The zero-order chi connectivity index (χ0) is 14.9. The van der Waals surface area contributed by atoms with Crippen molar-refractivity contribution < 1.29 is 4.79 Å². The van der Waals surface area contributed by atoms with Crippen molar-refractivity contribution in [2.45, 2.75) is 18.9 Å². The number of nitrogens with one attached hydrogen (secondary N) is 1. The third kappa shape index (κ3) is 2.66. The van der Waals surface area contributed by atoms with Crippen molar-refractivity contribution in [3.8, 4) is 10.6 Å². The third-order valence-electron chi connectivity index (χ3n) is 4.72. The standard InChI is InChI=1S/C17H19N3OS/c21-17(19-14-11-20-9-6-12(14)7-10-20)16-5-4-15(22-16)13-3-1-2-8-18-13/h1-5,8,12,14H,6-7,9-11H2,(H,19,21)/t14-/m0/s1/i17+1. The van der Waals surface area contributed by atoms with Gasteiger partial charge in [-0.3, -0.25) is 9.78 Å². The fourth-order valence-electron chi connectivity index (χ4n) is 3.47. The fourth-order valence-corrected chi connectivity index (χ4v) is 4.36. The van der Waals surface area contributed by atoms with Crippen LogP contribution in [0.15, 0.2) is 36.5 Å². The van der Waals surface area contributed by atoms with Crippen LogP contribution >= 0.6 is 11.3 Å². The number of piperidine rings is 3. The monoisotopic (exact) mass is 314 g/mol. The molecular formula is C17H19N3OS. The quantitative estimate of drug-likeness (QED) is 0.886. The number of carbonyl (C=O) groups is 1. The van der Waals surface area contributed by atoms with Gasteiger partial charge in [-0.1, -0.05) is 6.07 Å². The highest BCUT2D eigenvalue weighted by Gasteiger charge is 2.35. The van der Waals surface area contributed by atoms with Gasteiger partial charge >= 0.3 is 0 Å². The van der Waals surface area contributed by atoms with E-state index < -0.39 is 0 Å². The van der Waals surface area contributed by atoms with Crippen molar-refractivity contribution in [3.63, 3.8) is 0 Å². The van der Waals surface area contributed by atoms with Gasteiger partial charge in [0, 0.05) is 18.8 Å². The molecule has 1 amide bonds. The number of hydrogen-bond donors (Lipinski definition) is 1. The van der Waals surface area contributed by atoms with E-state index in [9.17, 15) is 4.79 Å². The first kappa shape index (κ1) is 13.9. The third-order valence-corrected chi connectivity index (χ3v) is 5.83. The zero-order valence-electron chi connectivity index (χ0n) is 12.4. The Morgan fingerprint density at radius 1 is 1.23 bits per heavy atom. The molecule has 22 heavy (non-hydrogen) atoms. The molecular weight excluding hydrogens is 295 g/mol. The van der Waals surface area contributed by atoms with Crippen LogP contribution in [0.4, 0.5) is 0 Å². The average molecular weight is 314 g/mol. The van der Waals surface area contributed by atoms with Crippen LogP contribution in [0.25, 0.3) is 10.6 Å². The molecule has 3 saturated heterocycles. The second-order valence-electron chi connectivity index (χ2n) is 6.10. The molecule has 2 aromatic rings. The van der Waals surface area contributed by atoms with Gasteiger partial charge in [-0.2, -0.15) is 0 Å². The number of pyridine rings is 1. The highest BCUT2D eigenvalue weighted by atomic mass is 32.1. The van der Waals surface area contributed by atoms with Crippen LogP contribution in [-0.2, 0) is 0 Å². The van der Waals surface area contributed by atoms with Crippen molar-refractivity contribution in [2.75, 3.05) is 19.6 Å². The number of carbonyl (C=O) groups excluding carboxylic acids is 1. The predicted octanol–water partition coefficient (Wildman–Crippen LogP) is 2.63. The summed E-state index contributed by atoms with van der Waals surface area (Å²) in [5.41, 5.74) is 0.925. The summed E-state index contributed by atoms with van der Waals surface area (Å²) in [4.78, 5) is 21.1. The Labute approximate surface area is 134 Å². The van der Waals surface area contributed by atoms with Gasteiger partial charge in [-0.05, 0) is 56.1 Å². The molecule has 0 spiro atoms. The normalized spacial score (nSPS) is 26.8. The van der Waals surface area contributed by atoms with Crippen LogP contribution in [-0.4, -0.2) is 41.5 Å². The van der Waals surface area contributed by atoms with Gasteiger partial charge in [-0.25, -0.2) is 0 Å². The van der Waals surface area contributed by atoms with E-state index in [0.29, 0.717) is 12.0 Å². The van der Waals surface area contributed by atoms with E-state index >= 15 is 0 Å². The van der Waals surface area contributed by atoms with Gasteiger partial charge in [0.1, 0.15) is 0 Å². The Kier molecular flexibility index (Phi) is 3.68. The summed E-state index contributed by atoms with van der Waals surface area (Å²) in [6.45, 7) is 3.40. The molecule has 0 saturated carbocycles. The molecule has 0 unspecified atom stereocenters. The van der Waals surface area contributed by atoms with Crippen LogP contribution in [0.5, 0.6) is 0 Å². The molecule has 1 N–H and O–H groups in total. The lowest BCUT2D eigenvalue weighted by Crippen LogP contribution is -2.57. The highest BCUT2D eigenvalue weighted by Crippen LogP contribution is 2.29. The largest absolute Gasteiger partial charge is 0.347 e. The van der Waals surface area contributed by atoms with E-state index in [4.69, 9.17) is 0 Å². The molecule has 2 aromatic heterocycles. The SMILES string of the molecule is O=[13C](N[C@H]1CN2CCC1CC2)c1ccc(-c2ccccn2)s1. The molecule has 0 radical (unpaired) electrons. The number of amides is 1. The maximum atomic E-state index is 12.5. The van der Waals surface area contributed by atoms with Crippen molar-refractivity contribution in [2.24, 2.45) is 5.92 Å². The lowest BCUT2D eigenvalue weighted by Gasteiger charge is -2.44. The van der Waals surface area contributed by atoms with Crippen molar-refractivity contribution >= 4 is 17.2 Å². The van der Waals surface area contributed by atoms with E-state index in [1.54, 1.807) is 6.20 Å². The molecule has 3 aliphatic heterocycles. The summed E-state index contributed by atoms with van der Waals surface area (Å²) in [6, 6.07) is 10.0. The number of rotatable bonds is 3. The van der Waals surface area contributed by atoms with E-state index in [1.807, 2.05) is 30.3 Å². The lowest BCUT2D eigenvalue weighted by molar-refractivity contribution is 0.0622. The van der Waals surface area contributed by atoms with E-state index in [-0.39, 0.29) is 5.91 Å². The molecule has 2 bridgehead atoms. The van der Waals surface area contributed by atoms with Gasteiger partial charge in [-0.15, -0.1) is 11.3 Å². The minimum Gasteiger partial charge on any atom is -0.347 e. The van der Waals surface area contributed by atoms with Crippen LogP contribution < -0.4 is 5.32 Å².